The summed E-state index contributed by atoms with van der Waals surface area (Å²) in [6, 6.07) is 4.81. The minimum absolute atomic E-state index is 0.195. The summed E-state index contributed by atoms with van der Waals surface area (Å²) in [7, 11) is -2.04. The molecular formula is C15H25N3O2S. The summed E-state index contributed by atoms with van der Waals surface area (Å²) >= 11 is 0. The van der Waals surface area contributed by atoms with Gasteiger partial charge in [0.25, 0.3) is 0 Å². The Labute approximate surface area is 127 Å². The van der Waals surface area contributed by atoms with E-state index < -0.39 is 10.0 Å². The van der Waals surface area contributed by atoms with E-state index in [1.165, 1.54) is 45.2 Å². The van der Waals surface area contributed by atoms with E-state index in [2.05, 4.69) is 10.0 Å². The molecule has 0 aliphatic heterocycles. The van der Waals surface area contributed by atoms with Crippen LogP contribution >= 0.6 is 0 Å². The molecule has 0 bridgehead atoms. The van der Waals surface area contributed by atoms with E-state index in [4.69, 9.17) is 5.73 Å². The van der Waals surface area contributed by atoms with Crippen molar-refractivity contribution in [3.05, 3.63) is 18.2 Å². The molecule has 0 amide bonds. The molecule has 1 aromatic carbocycles. The first-order chi connectivity index (χ1) is 10.0. The average Bonchev–Trinajstić information content (AvgIpc) is 2.50. The first kappa shape index (κ1) is 16.1. The SMILES string of the molecule is CNS(=O)(=O)c1ccc(NCCC2CCCCC2)c(N)c1. The van der Waals surface area contributed by atoms with Gasteiger partial charge in [-0.3, -0.25) is 0 Å². The Hall–Kier alpha value is -1.27. The molecule has 21 heavy (non-hydrogen) atoms. The van der Waals surface area contributed by atoms with Gasteiger partial charge in [-0.15, -0.1) is 0 Å². The van der Waals surface area contributed by atoms with Crippen LogP contribution in [0.2, 0.25) is 0 Å². The molecule has 2 rings (SSSR count). The van der Waals surface area contributed by atoms with Gasteiger partial charge in [0.15, 0.2) is 0 Å². The van der Waals surface area contributed by atoms with Gasteiger partial charge in [0.2, 0.25) is 10.0 Å². The fourth-order valence-electron chi connectivity index (χ4n) is 2.87. The largest absolute Gasteiger partial charge is 0.397 e. The van der Waals surface area contributed by atoms with Gasteiger partial charge in [0.1, 0.15) is 0 Å². The first-order valence-electron chi connectivity index (χ1n) is 7.60. The lowest BCUT2D eigenvalue weighted by Gasteiger charge is -2.22. The number of nitrogen functional groups attached to an aromatic ring is 1. The molecule has 1 aliphatic carbocycles. The van der Waals surface area contributed by atoms with Crippen LogP contribution in [0.4, 0.5) is 11.4 Å². The zero-order valence-corrected chi connectivity index (χ0v) is 13.4. The molecule has 118 valence electrons. The van der Waals surface area contributed by atoms with Crippen molar-refractivity contribution in [3.63, 3.8) is 0 Å². The summed E-state index contributed by atoms with van der Waals surface area (Å²) in [5.41, 5.74) is 7.21. The van der Waals surface area contributed by atoms with Crippen molar-refractivity contribution in [1.82, 2.24) is 4.72 Å². The van der Waals surface area contributed by atoms with Crippen molar-refractivity contribution in [2.45, 2.75) is 43.4 Å². The smallest absolute Gasteiger partial charge is 0.240 e. The van der Waals surface area contributed by atoms with E-state index in [9.17, 15) is 8.42 Å². The number of nitrogens with one attached hydrogen (secondary N) is 2. The summed E-state index contributed by atoms with van der Waals surface area (Å²) in [6.45, 7) is 0.882. The highest BCUT2D eigenvalue weighted by Gasteiger charge is 2.14. The number of anilines is 2. The Kier molecular flexibility index (Phi) is 5.47. The molecule has 1 fully saturated rings. The molecule has 0 heterocycles. The third-order valence-corrected chi connectivity index (χ3v) is 5.61. The van der Waals surface area contributed by atoms with E-state index in [-0.39, 0.29) is 4.90 Å². The standard InChI is InChI=1S/C15H25N3O2S/c1-17-21(19,20)13-7-8-15(14(16)11-13)18-10-9-12-5-3-2-4-6-12/h7-8,11-12,17-18H,2-6,9-10,16H2,1H3. The normalized spacial score (nSPS) is 16.8. The molecule has 0 saturated heterocycles. The zero-order valence-electron chi connectivity index (χ0n) is 12.6. The van der Waals surface area contributed by atoms with E-state index in [1.807, 2.05) is 0 Å². The predicted octanol–water partition coefficient (Wildman–Crippen LogP) is 2.56. The number of rotatable bonds is 6. The van der Waals surface area contributed by atoms with Crippen LogP contribution in [0, 0.1) is 5.92 Å². The molecule has 0 aromatic heterocycles. The summed E-state index contributed by atoms with van der Waals surface area (Å²) in [6.07, 6.45) is 7.88. The summed E-state index contributed by atoms with van der Waals surface area (Å²) in [5.74, 6) is 0.816. The van der Waals surface area contributed by atoms with Crippen LogP contribution in [0.1, 0.15) is 38.5 Å². The van der Waals surface area contributed by atoms with Crippen molar-refractivity contribution in [3.8, 4) is 0 Å². The van der Waals surface area contributed by atoms with Crippen LogP contribution in [-0.4, -0.2) is 22.0 Å². The molecule has 0 spiro atoms. The lowest BCUT2D eigenvalue weighted by atomic mass is 9.87. The molecule has 1 aliphatic rings. The number of benzene rings is 1. The molecule has 1 saturated carbocycles. The Morgan fingerprint density at radius 1 is 1.24 bits per heavy atom. The van der Waals surface area contributed by atoms with Gasteiger partial charge in [-0.1, -0.05) is 32.1 Å². The van der Waals surface area contributed by atoms with Crippen LogP contribution < -0.4 is 15.8 Å². The lowest BCUT2D eigenvalue weighted by Crippen LogP contribution is -2.19. The summed E-state index contributed by atoms with van der Waals surface area (Å²) in [5, 5.41) is 3.32. The van der Waals surface area contributed by atoms with Gasteiger partial charge in [-0.2, -0.15) is 0 Å². The van der Waals surface area contributed by atoms with Crippen molar-refractivity contribution >= 4 is 21.4 Å². The second-order valence-corrected chi connectivity index (χ2v) is 7.56. The fraction of sp³-hybridized carbons (Fsp3) is 0.600. The molecular weight excluding hydrogens is 286 g/mol. The van der Waals surface area contributed by atoms with Gasteiger partial charge in [-0.25, -0.2) is 13.1 Å². The van der Waals surface area contributed by atoms with Gasteiger partial charge in [0.05, 0.1) is 16.3 Å². The van der Waals surface area contributed by atoms with Crippen molar-refractivity contribution < 1.29 is 8.42 Å². The molecule has 6 heteroatoms. The van der Waals surface area contributed by atoms with Crippen LogP contribution in [-0.2, 0) is 10.0 Å². The third kappa shape index (κ3) is 4.35. The van der Waals surface area contributed by atoms with E-state index in [0.717, 1.165) is 24.6 Å². The molecule has 5 nitrogen and oxygen atoms in total. The second-order valence-electron chi connectivity index (χ2n) is 5.68. The van der Waals surface area contributed by atoms with Crippen molar-refractivity contribution in [2.75, 3.05) is 24.6 Å². The Morgan fingerprint density at radius 3 is 2.57 bits per heavy atom. The fourth-order valence-corrected chi connectivity index (χ4v) is 3.64. The lowest BCUT2D eigenvalue weighted by molar-refractivity contribution is 0.345. The van der Waals surface area contributed by atoms with E-state index in [0.29, 0.717) is 5.69 Å². The minimum Gasteiger partial charge on any atom is -0.397 e. The second kappa shape index (κ2) is 7.13. The highest BCUT2D eigenvalue weighted by Crippen LogP contribution is 2.27. The molecule has 0 radical (unpaired) electrons. The van der Waals surface area contributed by atoms with Crippen molar-refractivity contribution in [2.24, 2.45) is 5.92 Å². The Morgan fingerprint density at radius 2 is 1.95 bits per heavy atom. The van der Waals surface area contributed by atoms with Gasteiger partial charge < -0.3 is 11.1 Å². The topological polar surface area (TPSA) is 84.2 Å². The highest BCUT2D eigenvalue weighted by atomic mass is 32.2. The maximum atomic E-state index is 11.7. The minimum atomic E-state index is -3.43. The average molecular weight is 311 g/mol. The highest BCUT2D eigenvalue weighted by molar-refractivity contribution is 7.89. The number of sulfonamides is 1. The molecule has 0 unspecified atom stereocenters. The van der Waals surface area contributed by atoms with E-state index >= 15 is 0 Å². The summed E-state index contributed by atoms with van der Waals surface area (Å²) in [4.78, 5) is 0.195. The van der Waals surface area contributed by atoms with E-state index in [1.54, 1.807) is 12.1 Å². The molecule has 1 aromatic rings. The van der Waals surface area contributed by atoms with Gasteiger partial charge >= 0.3 is 0 Å². The molecule has 0 atom stereocenters. The Bertz CT molecular complexity index is 566. The molecule has 4 N–H and O–H groups in total. The Balaban J connectivity index is 1.92. The number of hydrogen-bond acceptors (Lipinski definition) is 4. The van der Waals surface area contributed by atoms with Crippen LogP contribution in [0.5, 0.6) is 0 Å². The number of hydrogen-bond donors (Lipinski definition) is 3. The maximum absolute atomic E-state index is 11.7. The van der Waals surface area contributed by atoms with Crippen LogP contribution in [0.3, 0.4) is 0 Å². The number of nitrogens with two attached hydrogens (primary N) is 1. The van der Waals surface area contributed by atoms with Gasteiger partial charge in [0, 0.05) is 6.54 Å². The zero-order chi connectivity index (χ0) is 15.3. The van der Waals surface area contributed by atoms with Crippen LogP contribution in [0.15, 0.2) is 23.1 Å². The van der Waals surface area contributed by atoms with Gasteiger partial charge in [-0.05, 0) is 37.6 Å². The van der Waals surface area contributed by atoms with Crippen LogP contribution in [0.25, 0.3) is 0 Å². The summed E-state index contributed by atoms with van der Waals surface area (Å²) < 4.78 is 25.7. The maximum Gasteiger partial charge on any atom is 0.240 e. The third-order valence-electron chi connectivity index (χ3n) is 4.19. The quantitative estimate of drug-likeness (QED) is 0.705. The first-order valence-corrected chi connectivity index (χ1v) is 9.08. The predicted molar refractivity (Wildman–Crippen MR) is 86.8 cm³/mol. The monoisotopic (exact) mass is 311 g/mol. The van der Waals surface area contributed by atoms with Crippen molar-refractivity contribution in [1.29, 1.82) is 0 Å².